The van der Waals surface area contributed by atoms with Crippen molar-refractivity contribution < 1.29 is 79.9 Å². The molecule has 3 aliphatic heterocycles. The lowest BCUT2D eigenvalue weighted by atomic mass is 9.79. The Labute approximate surface area is 239 Å². The highest BCUT2D eigenvalue weighted by atomic mass is 16.8. The highest BCUT2D eigenvalue weighted by Gasteiger charge is 2.65. The van der Waals surface area contributed by atoms with Crippen LogP contribution in [0.1, 0.15) is 5.56 Å². The van der Waals surface area contributed by atoms with E-state index in [0.29, 0.717) is 5.56 Å². The molecule has 0 amide bonds. The smallest absolute Gasteiger partial charge is 0.259 e. The highest BCUT2D eigenvalue weighted by Crippen LogP contribution is 2.41. The minimum Gasteiger partial charge on any atom is -0.394 e. The Morgan fingerprint density at radius 1 is 0.714 bits per heavy atom. The summed E-state index contributed by atoms with van der Waals surface area (Å²) in [5, 5.41) is 114. The Hall–Kier alpha value is -1.46. The van der Waals surface area contributed by atoms with E-state index in [2.05, 4.69) is 0 Å². The molecule has 3 heterocycles. The molecule has 1 aromatic rings. The van der Waals surface area contributed by atoms with Crippen LogP contribution < -0.4 is 5.73 Å². The van der Waals surface area contributed by atoms with Gasteiger partial charge in [0.05, 0.1) is 19.8 Å². The molecule has 17 heteroatoms. The zero-order chi connectivity index (χ0) is 31.0. The lowest BCUT2D eigenvalue weighted by Crippen LogP contribution is -2.80. The molecule has 13 N–H and O–H groups in total. The molecule has 3 fully saturated rings. The van der Waals surface area contributed by atoms with Gasteiger partial charge in [0.25, 0.3) is 5.91 Å². The van der Waals surface area contributed by atoms with Gasteiger partial charge in [-0.15, -0.1) is 0 Å². The summed E-state index contributed by atoms with van der Waals surface area (Å²) in [5.74, 6) is -2.79. The van der Waals surface area contributed by atoms with Crippen LogP contribution in [-0.4, -0.2) is 167 Å². The molecular formula is C25H39NO16. The average Bonchev–Trinajstić information content (AvgIpc) is 2.98. The first-order chi connectivity index (χ1) is 19.8. The molecule has 0 aliphatic carbocycles. The first kappa shape index (κ1) is 33.4. The fourth-order valence-electron chi connectivity index (χ4n) is 5.40. The van der Waals surface area contributed by atoms with Gasteiger partial charge in [-0.1, -0.05) is 30.3 Å². The number of hydrogen-bond acceptors (Lipinski definition) is 17. The van der Waals surface area contributed by atoms with Crippen molar-refractivity contribution in [3.8, 4) is 0 Å². The van der Waals surface area contributed by atoms with Crippen LogP contribution in [0.15, 0.2) is 30.3 Å². The Kier molecular flexibility index (Phi) is 10.6. The maximum Gasteiger partial charge on any atom is 0.259 e. The normalized spacial score (nSPS) is 48.2. The summed E-state index contributed by atoms with van der Waals surface area (Å²) in [5.41, 5.74) is 4.15. The van der Waals surface area contributed by atoms with Crippen molar-refractivity contribution in [3.05, 3.63) is 35.9 Å². The number of benzene rings is 1. The summed E-state index contributed by atoms with van der Waals surface area (Å²) < 4.78 is 27.4. The Morgan fingerprint density at radius 2 is 1.29 bits per heavy atom. The lowest BCUT2D eigenvalue weighted by molar-refractivity contribution is -0.432. The van der Waals surface area contributed by atoms with Crippen LogP contribution in [0.25, 0.3) is 0 Å². The van der Waals surface area contributed by atoms with Gasteiger partial charge in [-0.25, -0.2) is 0 Å². The van der Waals surface area contributed by atoms with E-state index in [1.165, 1.54) is 0 Å². The van der Waals surface area contributed by atoms with Gasteiger partial charge in [-0.05, 0) is 5.56 Å². The third-order valence-corrected chi connectivity index (χ3v) is 7.88. The predicted octanol–water partition coefficient (Wildman–Crippen LogP) is -6.67. The summed E-state index contributed by atoms with van der Waals surface area (Å²) in [6, 6.07) is 8.11. The molecule has 3 saturated heterocycles. The number of ether oxygens (including phenoxy) is 5. The molecule has 1 aromatic carbocycles. The van der Waals surface area contributed by atoms with Gasteiger partial charge < -0.3 is 79.9 Å². The molecule has 240 valence electrons. The monoisotopic (exact) mass is 609 g/mol. The van der Waals surface area contributed by atoms with Gasteiger partial charge in [0.2, 0.25) is 0 Å². The van der Waals surface area contributed by atoms with Gasteiger partial charge in [0.15, 0.2) is 18.2 Å². The SMILES string of the molecule is NC1(O[C@H]2[C@H](O)[C@@H](O)C(O[C@H]3[C@H](O)[C@@H](O)[C@@H](O)O[C@@H]3CO)O[C@@H]2CO)O[C@H](CO)[C@@H](O)[C@H](O)[C@]1(O)Cc1ccccc1. The number of aliphatic hydroxyl groups is 11. The molecule has 42 heavy (non-hydrogen) atoms. The van der Waals surface area contributed by atoms with Crippen molar-refractivity contribution >= 4 is 0 Å². The van der Waals surface area contributed by atoms with Gasteiger partial charge in [0.1, 0.15) is 67.1 Å². The van der Waals surface area contributed by atoms with E-state index in [-0.39, 0.29) is 0 Å². The Morgan fingerprint density at radius 3 is 1.88 bits per heavy atom. The zero-order valence-corrected chi connectivity index (χ0v) is 22.3. The molecule has 0 spiro atoms. The third kappa shape index (κ3) is 6.08. The molecule has 0 saturated carbocycles. The maximum absolute atomic E-state index is 11.7. The molecule has 17 nitrogen and oxygen atoms in total. The van der Waals surface area contributed by atoms with E-state index in [9.17, 15) is 56.2 Å². The van der Waals surface area contributed by atoms with Crippen molar-refractivity contribution in [1.29, 1.82) is 0 Å². The molecular weight excluding hydrogens is 570 g/mol. The summed E-state index contributed by atoms with van der Waals surface area (Å²) in [7, 11) is 0. The second-order valence-corrected chi connectivity index (χ2v) is 10.6. The fraction of sp³-hybridized carbons (Fsp3) is 0.760. The molecule has 3 aliphatic rings. The Balaban J connectivity index is 1.60. The number of hydrogen-bond donors (Lipinski definition) is 12. The van der Waals surface area contributed by atoms with Gasteiger partial charge >= 0.3 is 0 Å². The second kappa shape index (κ2) is 13.3. The topological polar surface area (TPSA) is 295 Å². The van der Waals surface area contributed by atoms with Crippen molar-refractivity contribution in [3.63, 3.8) is 0 Å². The average molecular weight is 610 g/mol. The molecule has 0 bridgehead atoms. The summed E-state index contributed by atoms with van der Waals surface area (Å²) in [6.45, 7) is -2.57. The second-order valence-electron chi connectivity index (χ2n) is 10.6. The van der Waals surface area contributed by atoms with Crippen LogP contribution >= 0.6 is 0 Å². The molecule has 0 aromatic heterocycles. The molecule has 15 atom stereocenters. The van der Waals surface area contributed by atoms with Gasteiger partial charge in [0, 0.05) is 6.42 Å². The van der Waals surface area contributed by atoms with Crippen molar-refractivity contribution in [2.24, 2.45) is 5.73 Å². The van der Waals surface area contributed by atoms with E-state index in [4.69, 9.17) is 29.4 Å². The summed E-state index contributed by atoms with van der Waals surface area (Å²) >= 11 is 0. The van der Waals surface area contributed by atoms with Gasteiger partial charge in [-0.2, -0.15) is 0 Å². The molecule has 0 radical (unpaired) electrons. The lowest BCUT2D eigenvalue weighted by Gasteiger charge is -2.55. The number of rotatable bonds is 9. The summed E-state index contributed by atoms with van der Waals surface area (Å²) in [4.78, 5) is 0. The minimum atomic E-state index is -2.79. The van der Waals surface area contributed by atoms with Crippen LogP contribution in [0.3, 0.4) is 0 Å². The van der Waals surface area contributed by atoms with E-state index < -0.39 is 117 Å². The highest BCUT2D eigenvalue weighted by molar-refractivity contribution is 5.21. The van der Waals surface area contributed by atoms with Crippen LogP contribution in [-0.2, 0) is 30.1 Å². The largest absolute Gasteiger partial charge is 0.394 e. The summed E-state index contributed by atoms with van der Waals surface area (Å²) in [6.07, 6.45) is -23.7. The van der Waals surface area contributed by atoms with Gasteiger partial charge in [-0.3, -0.25) is 5.73 Å². The van der Waals surface area contributed by atoms with Crippen LogP contribution in [0.2, 0.25) is 0 Å². The first-order valence-corrected chi connectivity index (χ1v) is 13.3. The maximum atomic E-state index is 11.7. The molecule has 4 rings (SSSR count). The van der Waals surface area contributed by atoms with Crippen molar-refractivity contribution in [2.75, 3.05) is 19.8 Å². The van der Waals surface area contributed by atoms with Crippen LogP contribution in [0, 0.1) is 0 Å². The Bertz CT molecular complexity index is 1010. The van der Waals surface area contributed by atoms with E-state index in [1.807, 2.05) is 0 Å². The minimum absolute atomic E-state index is 0.419. The van der Waals surface area contributed by atoms with Crippen LogP contribution in [0.5, 0.6) is 0 Å². The predicted molar refractivity (Wildman–Crippen MR) is 133 cm³/mol. The third-order valence-electron chi connectivity index (χ3n) is 7.88. The van der Waals surface area contributed by atoms with E-state index >= 15 is 0 Å². The standard InChI is InChI=1S/C25H39NO16/c26-25(24(37,6-10-4-2-1-3-5-10)21(35)14(30)11(7-27)41-25)42-20-13(9-29)39-23(18(34)16(20)32)40-19-12(8-28)38-22(36)17(33)15(19)31/h1-5,11-23,27-37H,6-9,26H2/t11-,12-,13-,14-,15-,16-,17-,18-,19-,20-,21+,22+,23?,24-,25?/m1/s1. The van der Waals surface area contributed by atoms with Crippen LogP contribution in [0.4, 0.5) is 0 Å². The first-order valence-electron chi connectivity index (χ1n) is 13.3. The van der Waals surface area contributed by atoms with E-state index in [0.717, 1.165) is 0 Å². The van der Waals surface area contributed by atoms with Crippen molar-refractivity contribution in [1.82, 2.24) is 0 Å². The zero-order valence-electron chi connectivity index (χ0n) is 22.3. The number of aliphatic hydroxyl groups excluding tert-OH is 10. The quantitative estimate of drug-likeness (QED) is 0.116. The fourth-order valence-corrected chi connectivity index (χ4v) is 5.40. The molecule has 2 unspecified atom stereocenters. The number of nitrogens with two attached hydrogens (primary N) is 1. The van der Waals surface area contributed by atoms with E-state index in [1.54, 1.807) is 30.3 Å². The van der Waals surface area contributed by atoms with Crippen molar-refractivity contribution in [2.45, 2.75) is 97.7 Å².